The van der Waals surface area contributed by atoms with Gasteiger partial charge in [-0.2, -0.15) is 4.98 Å². The largest absolute Gasteiger partial charge is 0.472 e. The Bertz CT molecular complexity index is 1020. The van der Waals surface area contributed by atoms with Gasteiger partial charge in [0.2, 0.25) is 5.95 Å². The Kier molecular flexibility index (Phi) is 7.78. The maximum atomic E-state index is 13.2. The van der Waals surface area contributed by atoms with Gasteiger partial charge >= 0.3 is 0 Å². The maximum absolute atomic E-state index is 13.2. The summed E-state index contributed by atoms with van der Waals surface area (Å²) in [5, 5.41) is 3.20. The summed E-state index contributed by atoms with van der Waals surface area (Å²) in [5.41, 5.74) is 0.268. The van der Waals surface area contributed by atoms with Crippen LogP contribution in [0.5, 0.6) is 5.75 Å². The third-order valence-corrected chi connectivity index (χ3v) is 7.14. The number of carbonyl (C=O) groups excluding carboxylic acids is 1. The Balaban J connectivity index is 0.00000289. The second-order valence-electron chi connectivity index (χ2n) is 9.99. The van der Waals surface area contributed by atoms with Crippen LogP contribution in [-0.4, -0.2) is 75.0 Å². The van der Waals surface area contributed by atoms with Gasteiger partial charge in [-0.3, -0.25) is 14.6 Å². The fourth-order valence-corrected chi connectivity index (χ4v) is 5.10. The van der Waals surface area contributed by atoms with E-state index >= 15 is 0 Å². The number of likely N-dealkylation sites (N-methyl/N-ethyl adjacent to an activating group) is 1. The number of pyridine rings is 1. The monoisotopic (exact) mass is 501 g/mol. The third kappa shape index (κ3) is 5.52. The molecule has 190 valence electrons. The molecule has 2 aromatic heterocycles. The van der Waals surface area contributed by atoms with Gasteiger partial charge in [0.15, 0.2) is 17.2 Å². The highest BCUT2D eigenvalue weighted by molar-refractivity contribution is 6.02. The Morgan fingerprint density at radius 2 is 1.77 bits per heavy atom. The summed E-state index contributed by atoms with van der Waals surface area (Å²) in [5.74, 6) is 2.15. The molecule has 1 aliphatic carbocycles. The number of rotatable bonds is 6. The van der Waals surface area contributed by atoms with Crippen LogP contribution in [-0.2, 0) is 11.3 Å². The number of nitrogens with one attached hydrogen (secondary N) is 1. The number of hydrogen-bond donors (Lipinski definition) is 1. The lowest BCUT2D eigenvalue weighted by molar-refractivity contribution is -0.133. The number of piperazine rings is 1. The molecule has 0 aromatic carbocycles. The first-order chi connectivity index (χ1) is 16.4. The first-order valence-corrected chi connectivity index (χ1v) is 12.5. The van der Waals surface area contributed by atoms with E-state index in [9.17, 15) is 4.79 Å². The van der Waals surface area contributed by atoms with Crippen molar-refractivity contribution in [3.8, 4) is 5.75 Å². The molecule has 1 saturated heterocycles. The van der Waals surface area contributed by atoms with Crippen molar-refractivity contribution in [3.05, 3.63) is 30.1 Å². The normalized spacial score (nSPS) is 20.8. The molecule has 0 unspecified atom stereocenters. The molecule has 1 saturated carbocycles. The van der Waals surface area contributed by atoms with E-state index in [4.69, 9.17) is 4.74 Å². The highest BCUT2D eigenvalue weighted by Gasteiger charge is 2.45. The van der Waals surface area contributed by atoms with Gasteiger partial charge in [0.1, 0.15) is 5.82 Å². The highest BCUT2D eigenvalue weighted by atomic mass is 35.5. The highest BCUT2D eigenvalue weighted by Crippen LogP contribution is 2.40. The van der Waals surface area contributed by atoms with Crippen molar-refractivity contribution < 1.29 is 9.53 Å². The molecule has 2 fully saturated rings. The zero-order chi connectivity index (χ0) is 23.7. The number of ether oxygens (including phenoxy) is 1. The Hall–Kier alpha value is -2.49. The summed E-state index contributed by atoms with van der Waals surface area (Å²) in [4.78, 5) is 33.7. The van der Waals surface area contributed by atoms with Crippen molar-refractivity contribution in [1.82, 2.24) is 24.8 Å². The average Bonchev–Trinajstić information content (AvgIpc) is 3.36. The zero-order valence-corrected chi connectivity index (χ0v) is 21.7. The van der Waals surface area contributed by atoms with E-state index in [1.165, 1.54) is 5.56 Å². The van der Waals surface area contributed by atoms with Crippen LogP contribution in [0.3, 0.4) is 0 Å². The number of halogens is 1. The van der Waals surface area contributed by atoms with Gasteiger partial charge in [0.05, 0.1) is 6.20 Å². The molecule has 0 spiro atoms. The second-order valence-corrected chi connectivity index (χ2v) is 9.99. The van der Waals surface area contributed by atoms with Crippen LogP contribution in [0.4, 0.5) is 17.6 Å². The Morgan fingerprint density at radius 3 is 2.43 bits per heavy atom. The van der Waals surface area contributed by atoms with E-state index in [-0.39, 0.29) is 24.4 Å². The SMILES string of the molecule is CCN1CCN(Cc2ccc(Nc3ncc4c(n3)N(C3CCCC3)C(=O)C(C)(C)O4)nc2)CC1.Cl. The van der Waals surface area contributed by atoms with Crippen LogP contribution in [0.2, 0.25) is 0 Å². The van der Waals surface area contributed by atoms with Crippen molar-refractivity contribution in [2.75, 3.05) is 42.9 Å². The maximum Gasteiger partial charge on any atom is 0.272 e. The topological polar surface area (TPSA) is 86.7 Å². The standard InChI is InChI=1S/C25H35N7O2.ClH/c1-4-30-11-13-31(14-12-30)17-18-9-10-21(26-15-18)28-24-27-16-20-22(29-24)32(19-7-5-6-8-19)23(33)25(2,3)34-20;/h9-10,15-16,19H,4-8,11-14,17H2,1-3H3,(H,26,27,28,29);1H. The summed E-state index contributed by atoms with van der Waals surface area (Å²) in [6.45, 7) is 12.3. The van der Waals surface area contributed by atoms with Gasteiger partial charge in [-0.05, 0) is 44.9 Å². The summed E-state index contributed by atoms with van der Waals surface area (Å²) in [6.07, 6.45) is 7.81. The molecule has 10 heteroatoms. The van der Waals surface area contributed by atoms with Gasteiger partial charge in [0, 0.05) is 45.0 Å². The molecule has 35 heavy (non-hydrogen) atoms. The van der Waals surface area contributed by atoms with Crippen molar-refractivity contribution in [1.29, 1.82) is 0 Å². The molecule has 3 aliphatic rings. The van der Waals surface area contributed by atoms with Gasteiger partial charge in [-0.25, -0.2) is 9.97 Å². The molecule has 9 nitrogen and oxygen atoms in total. The minimum atomic E-state index is -0.922. The van der Waals surface area contributed by atoms with Gasteiger partial charge in [0.25, 0.3) is 5.91 Å². The number of fused-ring (bicyclic) bond motifs is 1. The van der Waals surface area contributed by atoms with Crippen LogP contribution >= 0.6 is 12.4 Å². The minimum Gasteiger partial charge on any atom is -0.472 e. The predicted molar refractivity (Wildman–Crippen MR) is 139 cm³/mol. The molecule has 2 aliphatic heterocycles. The number of anilines is 3. The molecule has 1 N–H and O–H groups in total. The van der Waals surface area contributed by atoms with Crippen LogP contribution < -0.4 is 15.0 Å². The van der Waals surface area contributed by atoms with Gasteiger partial charge < -0.3 is 15.0 Å². The van der Waals surface area contributed by atoms with Crippen LogP contribution in [0.25, 0.3) is 0 Å². The molecule has 0 radical (unpaired) electrons. The lowest BCUT2D eigenvalue weighted by atomic mass is 10.0. The number of carbonyl (C=O) groups is 1. The zero-order valence-electron chi connectivity index (χ0n) is 20.9. The molecule has 5 rings (SSSR count). The third-order valence-electron chi connectivity index (χ3n) is 7.14. The summed E-state index contributed by atoms with van der Waals surface area (Å²) < 4.78 is 5.96. The summed E-state index contributed by atoms with van der Waals surface area (Å²) in [6, 6.07) is 4.22. The van der Waals surface area contributed by atoms with E-state index < -0.39 is 5.60 Å². The average molecular weight is 502 g/mol. The fourth-order valence-electron chi connectivity index (χ4n) is 5.10. The molecule has 4 heterocycles. The van der Waals surface area contributed by atoms with E-state index in [0.29, 0.717) is 23.3 Å². The first kappa shape index (κ1) is 25.6. The van der Waals surface area contributed by atoms with E-state index in [1.54, 1.807) is 6.20 Å². The minimum absolute atomic E-state index is 0. The first-order valence-electron chi connectivity index (χ1n) is 12.5. The Labute approximate surface area is 213 Å². The van der Waals surface area contributed by atoms with E-state index in [1.807, 2.05) is 31.0 Å². The smallest absolute Gasteiger partial charge is 0.272 e. The van der Waals surface area contributed by atoms with E-state index in [2.05, 4.69) is 43.1 Å². The number of nitrogens with zero attached hydrogens (tertiary/aromatic N) is 6. The quantitative estimate of drug-likeness (QED) is 0.642. The van der Waals surface area contributed by atoms with Gasteiger partial charge in [-0.15, -0.1) is 12.4 Å². The van der Waals surface area contributed by atoms with Crippen LogP contribution in [0.15, 0.2) is 24.5 Å². The molecular formula is C25H36ClN7O2. The molecular weight excluding hydrogens is 466 g/mol. The molecule has 0 atom stereocenters. The van der Waals surface area contributed by atoms with Crippen molar-refractivity contribution in [2.24, 2.45) is 0 Å². The van der Waals surface area contributed by atoms with Crippen molar-refractivity contribution >= 4 is 35.9 Å². The lowest BCUT2D eigenvalue weighted by Gasteiger charge is -2.40. The second kappa shape index (κ2) is 10.6. The number of hydrogen-bond acceptors (Lipinski definition) is 8. The predicted octanol–water partition coefficient (Wildman–Crippen LogP) is 3.62. The van der Waals surface area contributed by atoms with Gasteiger partial charge in [-0.1, -0.05) is 25.8 Å². The lowest BCUT2D eigenvalue weighted by Crippen LogP contribution is -2.55. The Morgan fingerprint density at radius 1 is 1.06 bits per heavy atom. The van der Waals surface area contributed by atoms with Crippen molar-refractivity contribution in [3.63, 3.8) is 0 Å². The number of aromatic nitrogens is 3. The summed E-state index contributed by atoms with van der Waals surface area (Å²) in [7, 11) is 0. The molecule has 2 aromatic rings. The van der Waals surface area contributed by atoms with Crippen LogP contribution in [0.1, 0.15) is 52.0 Å². The van der Waals surface area contributed by atoms with E-state index in [0.717, 1.165) is 65.0 Å². The number of amides is 1. The molecule has 0 bridgehead atoms. The fraction of sp³-hybridized carbons (Fsp3) is 0.600. The molecule has 1 amide bonds. The summed E-state index contributed by atoms with van der Waals surface area (Å²) >= 11 is 0. The van der Waals surface area contributed by atoms with Crippen LogP contribution in [0, 0.1) is 0 Å². The van der Waals surface area contributed by atoms with Crippen molar-refractivity contribution in [2.45, 2.75) is 64.6 Å².